The molecule has 0 saturated heterocycles. The van der Waals surface area contributed by atoms with E-state index in [1.165, 1.54) is 38.5 Å². The Morgan fingerprint density at radius 2 is 0.788 bits per heavy atom. The van der Waals surface area contributed by atoms with Gasteiger partial charge in [0, 0.05) is 12.8 Å². The number of carbonyl (C=O) groups is 3. The summed E-state index contributed by atoms with van der Waals surface area (Å²) < 4.78 is 11.0. The van der Waals surface area contributed by atoms with Crippen LogP contribution in [0.25, 0.3) is 0 Å². The molecule has 0 radical (unpaired) electrons. The Hall–Kier alpha value is -3.43. The van der Waals surface area contributed by atoms with Crippen molar-refractivity contribution in [3.8, 4) is 0 Å². The van der Waals surface area contributed by atoms with Gasteiger partial charge in [-0.2, -0.15) is 0 Å². The number of rotatable bonds is 24. The molecular weight excluding hydrogens is 660 g/mol. The number of hydrogen-bond donors (Lipinski definition) is 0. The molecule has 9 heteroatoms. The molecule has 9 nitrogen and oxygen atoms in total. The SMILES string of the molecule is CCCCCCCCCC(OOC(=O)c1ccc(C(C)(C)C)cc1)OC(=O)OC(CCCCCCCCC)OOC(=O)c1ccc(C(C)(C)C)cc1. The molecule has 2 rings (SSSR count). The third-order valence-electron chi connectivity index (χ3n) is 8.98. The summed E-state index contributed by atoms with van der Waals surface area (Å²) in [6.45, 7) is 16.9. The normalized spacial score (nSPS) is 12.9. The fourth-order valence-electron chi connectivity index (χ4n) is 5.54. The van der Waals surface area contributed by atoms with Crippen LogP contribution in [0.5, 0.6) is 0 Å². The predicted octanol–water partition coefficient (Wildman–Crippen LogP) is 12.2. The molecule has 2 unspecified atom stereocenters. The fourth-order valence-corrected chi connectivity index (χ4v) is 5.54. The van der Waals surface area contributed by atoms with E-state index >= 15 is 0 Å². The molecule has 0 fully saturated rings. The summed E-state index contributed by atoms with van der Waals surface area (Å²) in [4.78, 5) is 59.8. The summed E-state index contributed by atoms with van der Waals surface area (Å²) in [6, 6.07) is 14.2. The Bertz CT molecular complexity index is 1190. The molecule has 0 spiro atoms. The molecule has 0 N–H and O–H groups in total. The molecule has 0 saturated carbocycles. The second kappa shape index (κ2) is 24.0. The lowest BCUT2D eigenvalue weighted by Crippen LogP contribution is -2.28. The van der Waals surface area contributed by atoms with E-state index in [1.54, 1.807) is 24.3 Å². The van der Waals surface area contributed by atoms with Crippen molar-refractivity contribution in [2.24, 2.45) is 0 Å². The number of ether oxygens (including phenoxy) is 2. The van der Waals surface area contributed by atoms with E-state index < -0.39 is 30.7 Å². The van der Waals surface area contributed by atoms with Gasteiger partial charge in [0.2, 0.25) is 12.6 Å². The van der Waals surface area contributed by atoms with Crippen LogP contribution in [0.1, 0.15) is 190 Å². The maximum Gasteiger partial charge on any atom is 0.513 e. The van der Waals surface area contributed by atoms with Gasteiger partial charge >= 0.3 is 18.1 Å². The van der Waals surface area contributed by atoms with E-state index in [0.29, 0.717) is 36.8 Å². The van der Waals surface area contributed by atoms with Crippen molar-refractivity contribution in [3.05, 3.63) is 70.8 Å². The van der Waals surface area contributed by atoms with Gasteiger partial charge in [-0.05, 0) is 59.1 Å². The first-order chi connectivity index (χ1) is 24.7. The maximum atomic E-state index is 13.1. The van der Waals surface area contributed by atoms with Crippen LogP contribution in [0.3, 0.4) is 0 Å². The zero-order valence-electron chi connectivity index (χ0n) is 33.3. The second-order valence-electron chi connectivity index (χ2n) is 15.8. The van der Waals surface area contributed by atoms with Crippen LogP contribution in [-0.4, -0.2) is 30.7 Å². The zero-order valence-corrected chi connectivity index (χ0v) is 33.3. The van der Waals surface area contributed by atoms with Crippen LogP contribution >= 0.6 is 0 Å². The quantitative estimate of drug-likeness (QED) is 0.0343. The van der Waals surface area contributed by atoms with Crippen LogP contribution in [0, 0.1) is 0 Å². The first kappa shape index (κ1) is 44.7. The molecule has 0 aliphatic rings. The molecule has 0 aliphatic carbocycles. The molecular formula is C43H66O9. The van der Waals surface area contributed by atoms with E-state index in [4.69, 9.17) is 29.0 Å². The monoisotopic (exact) mass is 726 g/mol. The molecule has 52 heavy (non-hydrogen) atoms. The van der Waals surface area contributed by atoms with Crippen LogP contribution in [-0.2, 0) is 39.9 Å². The molecule has 0 heterocycles. The van der Waals surface area contributed by atoms with Gasteiger partial charge in [-0.3, -0.25) is 9.78 Å². The standard InChI is InChI=1S/C43H66O9/c1-9-11-13-15-17-19-21-23-37(49-51-39(44)33-25-29-35(30-26-33)42(3,4)5)47-41(46)48-38(24-22-20-18-16-14-12-10-2)50-52-40(45)34-27-31-36(32-28-34)43(6,7)8/h25-32,37-38H,9-24H2,1-8H3. The largest absolute Gasteiger partial charge is 0.513 e. The summed E-state index contributed by atoms with van der Waals surface area (Å²) in [5.41, 5.74) is 2.63. The summed E-state index contributed by atoms with van der Waals surface area (Å²) >= 11 is 0. The molecule has 0 amide bonds. The van der Waals surface area contributed by atoms with E-state index in [9.17, 15) is 14.4 Å². The molecule has 0 bridgehead atoms. The molecule has 2 atom stereocenters. The number of hydrogen-bond acceptors (Lipinski definition) is 9. The van der Waals surface area contributed by atoms with Crippen LogP contribution < -0.4 is 0 Å². The number of carbonyl (C=O) groups excluding carboxylic acids is 3. The van der Waals surface area contributed by atoms with Gasteiger partial charge < -0.3 is 9.47 Å². The van der Waals surface area contributed by atoms with E-state index in [0.717, 1.165) is 49.7 Å². The number of unbranched alkanes of at least 4 members (excludes halogenated alkanes) is 12. The smallest absolute Gasteiger partial charge is 0.400 e. The first-order valence-electron chi connectivity index (χ1n) is 19.6. The zero-order chi connectivity index (χ0) is 38.4. The highest BCUT2D eigenvalue weighted by atomic mass is 17.2. The molecule has 0 aromatic heterocycles. The summed E-state index contributed by atoms with van der Waals surface area (Å²) in [5, 5.41) is 0. The van der Waals surface area contributed by atoms with Gasteiger partial charge in [-0.15, -0.1) is 9.78 Å². The van der Waals surface area contributed by atoms with Gasteiger partial charge in [-0.1, -0.05) is 157 Å². The van der Waals surface area contributed by atoms with Gasteiger partial charge in [0.1, 0.15) is 0 Å². The van der Waals surface area contributed by atoms with Crippen molar-refractivity contribution in [1.29, 1.82) is 0 Å². The molecule has 0 aliphatic heterocycles. The van der Waals surface area contributed by atoms with Gasteiger partial charge in [-0.25, -0.2) is 14.4 Å². The Morgan fingerprint density at radius 1 is 0.481 bits per heavy atom. The minimum Gasteiger partial charge on any atom is -0.400 e. The molecule has 2 aromatic rings. The fraction of sp³-hybridized carbons (Fsp3) is 0.651. The lowest BCUT2D eigenvalue weighted by Gasteiger charge is -2.20. The lowest BCUT2D eigenvalue weighted by atomic mass is 9.87. The van der Waals surface area contributed by atoms with E-state index in [-0.39, 0.29) is 10.8 Å². The molecule has 292 valence electrons. The highest BCUT2D eigenvalue weighted by Gasteiger charge is 2.25. The third kappa shape index (κ3) is 18.4. The lowest BCUT2D eigenvalue weighted by molar-refractivity contribution is -0.348. The summed E-state index contributed by atoms with van der Waals surface area (Å²) in [7, 11) is 0. The Morgan fingerprint density at radius 3 is 1.10 bits per heavy atom. The first-order valence-corrected chi connectivity index (χ1v) is 19.6. The average molecular weight is 727 g/mol. The van der Waals surface area contributed by atoms with Gasteiger partial charge in [0.15, 0.2) is 0 Å². The van der Waals surface area contributed by atoms with Gasteiger partial charge in [0.25, 0.3) is 0 Å². The van der Waals surface area contributed by atoms with E-state index in [1.807, 2.05) is 24.3 Å². The topological polar surface area (TPSA) is 107 Å². The van der Waals surface area contributed by atoms with Crippen molar-refractivity contribution in [2.75, 3.05) is 0 Å². The highest BCUT2D eigenvalue weighted by molar-refractivity contribution is 5.89. The minimum absolute atomic E-state index is 0.0684. The Kier molecular flexibility index (Phi) is 20.6. The van der Waals surface area contributed by atoms with Crippen LogP contribution in [0.4, 0.5) is 4.79 Å². The minimum atomic E-state index is -1.20. The highest BCUT2D eigenvalue weighted by Crippen LogP contribution is 2.24. The summed E-state index contributed by atoms with van der Waals surface area (Å²) in [5.74, 6) is -1.41. The second-order valence-corrected chi connectivity index (χ2v) is 15.8. The van der Waals surface area contributed by atoms with Crippen molar-refractivity contribution in [3.63, 3.8) is 0 Å². The molecule has 2 aromatic carbocycles. The Balaban J connectivity index is 2.05. The van der Waals surface area contributed by atoms with Gasteiger partial charge in [0.05, 0.1) is 11.1 Å². The number of benzene rings is 2. The Labute approximate surface area is 313 Å². The van der Waals surface area contributed by atoms with Crippen molar-refractivity contribution in [1.82, 2.24) is 0 Å². The van der Waals surface area contributed by atoms with Crippen molar-refractivity contribution < 1.29 is 43.4 Å². The van der Waals surface area contributed by atoms with Crippen LogP contribution in [0.15, 0.2) is 48.5 Å². The predicted molar refractivity (Wildman–Crippen MR) is 204 cm³/mol. The maximum absolute atomic E-state index is 13.1. The van der Waals surface area contributed by atoms with Crippen LogP contribution in [0.2, 0.25) is 0 Å². The third-order valence-corrected chi connectivity index (χ3v) is 8.98. The summed E-state index contributed by atoms with van der Waals surface area (Å²) in [6.07, 6.45) is 11.7. The van der Waals surface area contributed by atoms with Crippen molar-refractivity contribution >= 4 is 18.1 Å². The van der Waals surface area contributed by atoms with Crippen molar-refractivity contribution in [2.45, 2.75) is 182 Å². The average Bonchev–Trinajstić information content (AvgIpc) is 3.10. The van der Waals surface area contributed by atoms with E-state index in [2.05, 4.69) is 55.4 Å².